The third-order valence-corrected chi connectivity index (χ3v) is 7.06. The number of ether oxygens (including phenoxy) is 1. The van der Waals surface area contributed by atoms with Gasteiger partial charge in [0.05, 0.1) is 12.3 Å². The second kappa shape index (κ2) is 8.09. The van der Waals surface area contributed by atoms with Crippen LogP contribution in [0.5, 0.6) is 0 Å². The highest BCUT2D eigenvalue weighted by Crippen LogP contribution is 2.42. The van der Waals surface area contributed by atoms with Crippen LogP contribution in [0.25, 0.3) is 22.3 Å². The number of aromatic nitrogens is 4. The Morgan fingerprint density at radius 3 is 2.82 bits per heavy atom. The summed E-state index contributed by atoms with van der Waals surface area (Å²) in [6, 6.07) is 3.76. The molecular weight excluding hydrogens is 447 g/mol. The lowest BCUT2D eigenvalue weighted by atomic mass is 9.79. The molecule has 3 N–H and O–H groups in total. The van der Waals surface area contributed by atoms with E-state index in [9.17, 15) is 13.2 Å². The molecule has 34 heavy (non-hydrogen) atoms. The number of H-pyrrole nitrogens is 1. The molecule has 11 heteroatoms. The first-order valence-electron chi connectivity index (χ1n) is 11.6. The molecule has 0 aromatic carbocycles. The monoisotopic (exact) mass is 473 g/mol. The van der Waals surface area contributed by atoms with Crippen molar-refractivity contribution in [1.82, 2.24) is 25.3 Å². The Balaban J connectivity index is 1.32. The van der Waals surface area contributed by atoms with Crippen LogP contribution >= 0.6 is 0 Å². The van der Waals surface area contributed by atoms with E-state index in [2.05, 4.69) is 35.5 Å². The van der Waals surface area contributed by atoms with Crippen LogP contribution in [0.1, 0.15) is 24.8 Å². The van der Waals surface area contributed by atoms with Crippen LogP contribution in [-0.4, -0.2) is 65.4 Å². The fraction of sp³-hybridized carbons (Fsp3) is 0.522. The lowest BCUT2D eigenvalue weighted by Gasteiger charge is -2.47. The molecule has 6 rings (SSSR count). The van der Waals surface area contributed by atoms with E-state index in [1.807, 2.05) is 12.1 Å². The van der Waals surface area contributed by atoms with Crippen LogP contribution in [-0.2, 0) is 10.9 Å². The average molecular weight is 474 g/mol. The Bertz CT molecular complexity index is 1190. The van der Waals surface area contributed by atoms with Crippen molar-refractivity contribution in [3.8, 4) is 11.3 Å². The molecule has 0 unspecified atom stereocenters. The SMILES string of the molecule is FC(F)(F)c1cnc(N[C@H]2CCCNC2)nc1-c1c[nH]c2nc(N3CC4(CCOC4)C3)ccc12. The third kappa shape index (κ3) is 3.86. The van der Waals surface area contributed by atoms with E-state index < -0.39 is 11.7 Å². The molecule has 6 heterocycles. The second-order valence-electron chi connectivity index (χ2n) is 9.57. The van der Waals surface area contributed by atoms with Gasteiger partial charge in [0.25, 0.3) is 0 Å². The average Bonchev–Trinajstić information content (AvgIpc) is 3.45. The van der Waals surface area contributed by atoms with Crippen molar-refractivity contribution < 1.29 is 17.9 Å². The highest BCUT2D eigenvalue weighted by molar-refractivity contribution is 5.94. The normalized spacial score (nSPS) is 22.3. The van der Waals surface area contributed by atoms with E-state index in [0.29, 0.717) is 16.6 Å². The molecule has 0 bridgehead atoms. The minimum absolute atomic E-state index is 0.0793. The summed E-state index contributed by atoms with van der Waals surface area (Å²) in [4.78, 5) is 18.2. The van der Waals surface area contributed by atoms with Crippen LogP contribution in [0, 0.1) is 5.41 Å². The van der Waals surface area contributed by atoms with Gasteiger partial charge in [0, 0.05) is 61.0 Å². The molecule has 0 radical (unpaired) electrons. The van der Waals surface area contributed by atoms with E-state index in [4.69, 9.17) is 4.74 Å². The number of halogens is 3. The Morgan fingerprint density at radius 1 is 1.21 bits per heavy atom. The maximum Gasteiger partial charge on any atom is 0.419 e. The van der Waals surface area contributed by atoms with Crippen molar-refractivity contribution in [3.05, 3.63) is 30.1 Å². The van der Waals surface area contributed by atoms with Crippen molar-refractivity contribution >= 4 is 22.8 Å². The fourth-order valence-electron chi connectivity index (χ4n) is 5.21. The Morgan fingerprint density at radius 2 is 2.09 bits per heavy atom. The van der Waals surface area contributed by atoms with Gasteiger partial charge in [-0.05, 0) is 37.9 Å². The van der Waals surface area contributed by atoms with Gasteiger partial charge in [-0.1, -0.05) is 0 Å². The lowest BCUT2D eigenvalue weighted by molar-refractivity contribution is -0.137. The molecule has 8 nitrogen and oxygen atoms in total. The number of rotatable bonds is 4. The molecule has 0 amide bonds. The lowest BCUT2D eigenvalue weighted by Crippen LogP contribution is -2.57. The van der Waals surface area contributed by atoms with Crippen LogP contribution in [0.3, 0.4) is 0 Å². The molecule has 3 aromatic heterocycles. The molecule has 180 valence electrons. The van der Waals surface area contributed by atoms with Crippen molar-refractivity contribution in [2.75, 3.05) is 49.6 Å². The van der Waals surface area contributed by atoms with Gasteiger partial charge >= 0.3 is 6.18 Å². The smallest absolute Gasteiger partial charge is 0.381 e. The summed E-state index contributed by atoms with van der Waals surface area (Å²) in [6.07, 6.45) is 0.799. The number of nitrogens with zero attached hydrogens (tertiary/aromatic N) is 4. The van der Waals surface area contributed by atoms with Gasteiger partial charge in [0.15, 0.2) is 0 Å². The Hall–Kier alpha value is -2.92. The van der Waals surface area contributed by atoms with Crippen molar-refractivity contribution in [2.45, 2.75) is 31.5 Å². The number of hydrogen-bond acceptors (Lipinski definition) is 7. The van der Waals surface area contributed by atoms with Gasteiger partial charge in [-0.15, -0.1) is 0 Å². The summed E-state index contributed by atoms with van der Waals surface area (Å²) in [5, 5.41) is 7.05. The van der Waals surface area contributed by atoms with Gasteiger partial charge in [-0.3, -0.25) is 0 Å². The zero-order valence-electron chi connectivity index (χ0n) is 18.6. The van der Waals surface area contributed by atoms with Crippen molar-refractivity contribution in [1.29, 1.82) is 0 Å². The second-order valence-corrected chi connectivity index (χ2v) is 9.57. The first-order valence-corrected chi connectivity index (χ1v) is 11.6. The molecule has 3 aromatic rings. The van der Waals surface area contributed by atoms with Crippen LogP contribution < -0.4 is 15.5 Å². The number of hydrogen-bond donors (Lipinski definition) is 3. The van der Waals surface area contributed by atoms with E-state index in [1.54, 1.807) is 6.20 Å². The minimum atomic E-state index is -4.58. The topological polar surface area (TPSA) is 91.0 Å². The maximum atomic E-state index is 13.8. The highest BCUT2D eigenvalue weighted by Gasteiger charge is 2.46. The molecule has 3 aliphatic heterocycles. The third-order valence-electron chi connectivity index (χ3n) is 7.06. The minimum Gasteiger partial charge on any atom is -0.381 e. The van der Waals surface area contributed by atoms with Gasteiger partial charge in [-0.25, -0.2) is 15.0 Å². The number of nitrogens with one attached hydrogen (secondary N) is 3. The van der Waals surface area contributed by atoms with E-state index in [-0.39, 0.29) is 23.1 Å². The summed E-state index contributed by atoms with van der Waals surface area (Å²) >= 11 is 0. The van der Waals surface area contributed by atoms with E-state index >= 15 is 0 Å². The molecule has 0 aliphatic carbocycles. The Labute approximate surface area is 194 Å². The predicted octanol–water partition coefficient (Wildman–Crippen LogP) is 3.43. The summed E-state index contributed by atoms with van der Waals surface area (Å²) in [7, 11) is 0. The molecule has 0 saturated carbocycles. The molecule has 1 atom stereocenters. The zero-order chi connectivity index (χ0) is 23.3. The van der Waals surface area contributed by atoms with Crippen molar-refractivity contribution in [3.63, 3.8) is 0 Å². The van der Waals surface area contributed by atoms with Crippen LogP contribution in [0.4, 0.5) is 24.9 Å². The first kappa shape index (κ1) is 21.6. The van der Waals surface area contributed by atoms with E-state index in [1.165, 1.54) is 0 Å². The number of fused-ring (bicyclic) bond motifs is 1. The number of anilines is 2. The van der Waals surface area contributed by atoms with Gasteiger partial charge in [0.1, 0.15) is 17.0 Å². The quantitative estimate of drug-likeness (QED) is 0.535. The van der Waals surface area contributed by atoms with Gasteiger partial charge in [-0.2, -0.15) is 13.2 Å². The standard InChI is InChI=1S/C23H26F3N7O/c24-23(25,26)17-10-29-21(30-14-2-1-6-27-8-14)32-19(17)16-9-28-20-15(16)3-4-18(31-20)33-11-22(12-33)5-7-34-13-22/h3-4,9-10,14,27H,1-2,5-8,11-13H2,(H,28,31)(H,29,30,32)/t14-/m0/s1. The summed E-state index contributed by atoms with van der Waals surface area (Å²) in [5.41, 5.74) is 0.0974. The van der Waals surface area contributed by atoms with Crippen LogP contribution in [0.15, 0.2) is 24.5 Å². The molecule has 3 fully saturated rings. The van der Waals surface area contributed by atoms with Crippen molar-refractivity contribution in [2.24, 2.45) is 5.41 Å². The number of aromatic amines is 1. The predicted molar refractivity (Wildman–Crippen MR) is 122 cm³/mol. The number of pyridine rings is 1. The molecule has 1 spiro atoms. The molecule has 3 aliphatic rings. The largest absolute Gasteiger partial charge is 0.419 e. The number of alkyl halides is 3. The van der Waals surface area contributed by atoms with Gasteiger partial charge < -0.3 is 25.3 Å². The van der Waals surface area contributed by atoms with Gasteiger partial charge in [0.2, 0.25) is 5.95 Å². The summed E-state index contributed by atoms with van der Waals surface area (Å²) < 4.78 is 47.1. The first-order chi connectivity index (χ1) is 16.4. The summed E-state index contributed by atoms with van der Waals surface area (Å²) in [5.74, 6) is 1.00. The zero-order valence-corrected chi connectivity index (χ0v) is 18.6. The molecule has 3 saturated heterocycles. The Kier molecular flexibility index (Phi) is 5.14. The maximum absolute atomic E-state index is 13.8. The number of piperidine rings is 1. The highest BCUT2D eigenvalue weighted by atomic mass is 19.4. The molecular formula is C23H26F3N7O. The van der Waals surface area contributed by atoms with Crippen LogP contribution in [0.2, 0.25) is 0 Å². The van der Waals surface area contributed by atoms with E-state index in [0.717, 1.165) is 70.7 Å². The summed E-state index contributed by atoms with van der Waals surface area (Å²) in [6.45, 7) is 5.01. The fourth-order valence-corrected chi connectivity index (χ4v) is 5.21.